The van der Waals surface area contributed by atoms with Crippen LogP contribution in [0.15, 0.2) is 45.8 Å². The van der Waals surface area contributed by atoms with Crippen LogP contribution in [-0.4, -0.2) is 8.42 Å². The van der Waals surface area contributed by atoms with Crippen molar-refractivity contribution in [1.82, 2.24) is 0 Å². The average molecular weight is 395 g/mol. The molecule has 0 aliphatic heterocycles. The van der Waals surface area contributed by atoms with Gasteiger partial charge in [0.25, 0.3) is 10.0 Å². The Morgan fingerprint density at radius 2 is 1.90 bits per heavy atom. The van der Waals surface area contributed by atoms with Gasteiger partial charge in [-0.25, -0.2) is 12.8 Å². The van der Waals surface area contributed by atoms with Crippen LogP contribution in [0.3, 0.4) is 0 Å². The second-order valence-corrected chi connectivity index (χ2v) is 6.90. The van der Waals surface area contributed by atoms with Gasteiger partial charge in [-0.15, -0.1) is 0 Å². The Balaban J connectivity index is 2.48. The molecule has 0 heterocycles. The van der Waals surface area contributed by atoms with E-state index in [9.17, 15) is 12.8 Å². The van der Waals surface area contributed by atoms with Crippen molar-refractivity contribution < 1.29 is 12.8 Å². The highest BCUT2D eigenvalue weighted by atomic mass is 79.9. The highest BCUT2D eigenvalue weighted by Gasteiger charge is 2.21. The molecule has 0 amide bonds. The van der Waals surface area contributed by atoms with Crippen LogP contribution in [0.5, 0.6) is 0 Å². The number of nitrogens with one attached hydrogen (secondary N) is 2. The molecule has 2 rings (SSSR count). The third kappa shape index (κ3) is 3.46. The summed E-state index contributed by atoms with van der Waals surface area (Å²) >= 11 is 8.93. The quantitative estimate of drug-likeness (QED) is 0.548. The topological polar surface area (TPSA) is 84.2 Å². The van der Waals surface area contributed by atoms with Gasteiger partial charge < -0.3 is 5.43 Å². The van der Waals surface area contributed by atoms with Crippen LogP contribution in [0.4, 0.5) is 15.8 Å². The van der Waals surface area contributed by atoms with Crippen molar-refractivity contribution in [3.8, 4) is 0 Å². The van der Waals surface area contributed by atoms with E-state index in [0.717, 1.165) is 12.1 Å². The predicted octanol–water partition coefficient (Wildman–Crippen LogP) is 3.33. The van der Waals surface area contributed by atoms with Crippen molar-refractivity contribution in [2.75, 3.05) is 10.1 Å². The van der Waals surface area contributed by atoms with E-state index < -0.39 is 15.8 Å². The van der Waals surface area contributed by atoms with Crippen LogP contribution in [0, 0.1) is 5.82 Å². The summed E-state index contributed by atoms with van der Waals surface area (Å²) in [6, 6.07) is 8.19. The molecule has 0 aromatic heterocycles. The maximum Gasteiger partial charge on any atom is 0.264 e. The van der Waals surface area contributed by atoms with E-state index in [2.05, 4.69) is 26.1 Å². The van der Waals surface area contributed by atoms with Gasteiger partial charge in [-0.1, -0.05) is 23.7 Å². The molecular weight excluding hydrogens is 385 g/mol. The first-order valence-electron chi connectivity index (χ1n) is 5.58. The molecule has 0 radical (unpaired) electrons. The van der Waals surface area contributed by atoms with Crippen molar-refractivity contribution in [3.05, 3.63) is 51.7 Å². The van der Waals surface area contributed by atoms with E-state index in [-0.39, 0.29) is 25.8 Å². The molecule has 0 fully saturated rings. The summed E-state index contributed by atoms with van der Waals surface area (Å²) in [5.74, 6) is 4.71. The molecule has 112 valence electrons. The molecule has 0 spiro atoms. The first-order chi connectivity index (χ1) is 9.85. The highest BCUT2D eigenvalue weighted by molar-refractivity contribution is 9.10. The van der Waals surface area contributed by atoms with E-state index in [1.54, 1.807) is 12.1 Å². The summed E-state index contributed by atoms with van der Waals surface area (Å²) in [5, 5.41) is -0.0661. The fraction of sp³-hybridized carbons (Fsp3) is 0. The molecule has 0 saturated carbocycles. The molecule has 2 aromatic rings. The Kier molecular flexibility index (Phi) is 4.72. The Morgan fingerprint density at radius 1 is 1.24 bits per heavy atom. The lowest BCUT2D eigenvalue weighted by Gasteiger charge is -2.14. The molecule has 0 aliphatic carbocycles. The number of nitrogens with two attached hydrogens (primary N) is 1. The number of para-hydroxylation sites is 1. The predicted molar refractivity (Wildman–Crippen MR) is 84.2 cm³/mol. The standard InChI is InChI=1S/C12H10BrClFN3O2S/c13-8-5-7(15)6-9(14)12(8)18-21(19,20)11-4-2-1-3-10(11)17-16/h1-6,17-18H,16H2. The van der Waals surface area contributed by atoms with E-state index in [0.29, 0.717) is 0 Å². The number of nitrogen functional groups attached to an aromatic ring is 1. The summed E-state index contributed by atoms with van der Waals surface area (Å²) in [6.07, 6.45) is 0. The van der Waals surface area contributed by atoms with Gasteiger partial charge in [-0.05, 0) is 40.2 Å². The van der Waals surface area contributed by atoms with E-state index in [1.807, 2.05) is 0 Å². The zero-order valence-electron chi connectivity index (χ0n) is 10.4. The number of hydrogen-bond donors (Lipinski definition) is 3. The van der Waals surface area contributed by atoms with Gasteiger partial charge in [0.05, 0.1) is 16.4 Å². The van der Waals surface area contributed by atoms with Crippen LogP contribution < -0.4 is 16.0 Å². The lowest BCUT2D eigenvalue weighted by Crippen LogP contribution is -2.18. The van der Waals surface area contributed by atoms with Gasteiger partial charge in [0, 0.05) is 4.47 Å². The number of hydrazine groups is 1. The largest absolute Gasteiger partial charge is 0.323 e. The number of sulfonamides is 1. The Bertz CT molecular complexity index is 763. The zero-order valence-corrected chi connectivity index (χ0v) is 13.6. The average Bonchev–Trinajstić information content (AvgIpc) is 2.43. The molecule has 9 heteroatoms. The summed E-state index contributed by atoms with van der Waals surface area (Å²) < 4.78 is 40.4. The zero-order chi connectivity index (χ0) is 15.6. The molecule has 0 bridgehead atoms. The first-order valence-corrected chi connectivity index (χ1v) is 8.23. The summed E-state index contributed by atoms with van der Waals surface area (Å²) in [6.45, 7) is 0. The van der Waals surface area contributed by atoms with Crippen LogP contribution in [0.25, 0.3) is 0 Å². The number of anilines is 2. The highest BCUT2D eigenvalue weighted by Crippen LogP contribution is 2.34. The minimum absolute atomic E-state index is 0.0462. The molecule has 0 unspecified atom stereocenters. The van der Waals surface area contributed by atoms with Crippen LogP contribution in [-0.2, 0) is 10.0 Å². The van der Waals surface area contributed by atoms with Crippen LogP contribution in [0.2, 0.25) is 5.02 Å². The maximum absolute atomic E-state index is 13.2. The first kappa shape index (κ1) is 16.0. The minimum atomic E-state index is -3.94. The monoisotopic (exact) mass is 393 g/mol. The van der Waals surface area contributed by atoms with Crippen LogP contribution >= 0.6 is 27.5 Å². The van der Waals surface area contributed by atoms with E-state index in [4.69, 9.17) is 17.4 Å². The van der Waals surface area contributed by atoms with Gasteiger partial charge in [0.2, 0.25) is 0 Å². The fourth-order valence-corrected chi connectivity index (χ4v) is 4.01. The van der Waals surface area contributed by atoms with Gasteiger partial charge in [-0.2, -0.15) is 0 Å². The molecule has 5 nitrogen and oxygen atoms in total. The lowest BCUT2D eigenvalue weighted by atomic mass is 10.3. The van der Waals surface area contributed by atoms with Gasteiger partial charge in [0.15, 0.2) is 0 Å². The maximum atomic E-state index is 13.2. The minimum Gasteiger partial charge on any atom is -0.323 e. The summed E-state index contributed by atoms with van der Waals surface area (Å²) in [4.78, 5) is -0.0557. The Labute approximate surface area is 134 Å². The van der Waals surface area contributed by atoms with Gasteiger partial charge >= 0.3 is 0 Å². The molecule has 21 heavy (non-hydrogen) atoms. The molecule has 0 aliphatic rings. The molecule has 0 saturated heterocycles. The Hall–Kier alpha value is -1.35. The second-order valence-electron chi connectivity index (χ2n) is 3.99. The lowest BCUT2D eigenvalue weighted by molar-refractivity contribution is 0.601. The number of rotatable bonds is 4. The van der Waals surface area contributed by atoms with Crippen LogP contribution in [0.1, 0.15) is 0 Å². The van der Waals surface area contributed by atoms with Crippen molar-refractivity contribution in [1.29, 1.82) is 0 Å². The molecule has 2 aromatic carbocycles. The van der Waals surface area contributed by atoms with Crippen molar-refractivity contribution in [3.63, 3.8) is 0 Å². The normalized spacial score (nSPS) is 11.2. The summed E-state index contributed by atoms with van der Waals surface area (Å²) in [5.41, 5.74) is 2.57. The third-order valence-corrected chi connectivity index (χ3v) is 4.91. The fourth-order valence-electron chi connectivity index (χ4n) is 1.65. The van der Waals surface area contributed by atoms with Gasteiger partial charge in [-0.3, -0.25) is 10.6 Å². The number of benzene rings is 2. The van der Waals surface area contributed by atoms with Crippen molar-refractivity contribution >= 4 is 48.9 Å². The molecule has 0 atom stereocenters. The molecular formula is C12H10BrClFN3O2S. The number of hydrogen-bond acceptors (Lipinski definition) is 4. The second kappa shape index (κ2) is 6.18. The van der Waals surface area contributed by atoms with Crippen molar-refractivity contribution in [2.24, 2.45) is 5.84 Å². The smallest absolute Gasteiger partial charge is 0.264 e. The SMILES string of the molecule is NNc1ccccc1S(=O)(=O)Nc1c(Cl)cc(F)cc1Br. The van der Waals surface area contributed by atoms with E-state index in [1.165, 1.54) is 12.1 Å². The summed E-state index contributed by atoms with van der Waals surface area (Å²) in [7, 11) is -3.94. The third-order valence-electron chi connectivity index (χ3n) is 2.58. The number of halogens is 3. The Morgan fingerprint density at radius 3 is 2.52 bits per heavy atom. The van der Waals surface area contributed by atoms with E-state index >= 15 is 0 Å². The van der Waals surface area contributed by atoms with Crippen molar-refractivity contribution in [2.45, 2.75) is 4.90 Å². The molecule has 4 N–H and O–H groups in total. The van der Waals surface area contributed by atoms with Gasteiger partial charge in [0.1, 0.15) is 10.7 Å².